The smallest absolute Gasteiger partial charge is 0.131 e. The summed E-state index contributed by atoms with van der Waals surface area (Å²) in [6.45, 7) is 4.77. The van der Waals surface area contributed by atoms with Crippen LogP contribution in [0.4, 0.5) is 11.5 Å². The first-order chi connectivity index (χ1) is 14.8. The topological polar surface area (TPSA) is 104 Å². The lowest BCUT2D eigenvalue weighted by molar-refractivity contribution is -0.0461. The van der Waals surface area contributed by atoms with Crippen LogP contribution in [0.15, 0.2) is 53.4 Å². The molecule has 1 saturated heterocycles. The molecule has 8 heteroatoms. The molecule has 3 heterocycles. The van der Waals surface area contributed by atoms with Gasteiger partial charge in [-0.3, -0.25) is 9.11 Å². The fourth-order valence-corrected chi connectivity index (χ4v) is 5.75. The Labute approximate surface area is 183 Å². The second-order valence-electron chi connectivity index (χ2n) is 8.66. The molecule has 0 radical (unpaired) electrons. The van der Waals surface area contributed by atoms with E-state index in [1.165, 1.54) is 0 Å². The number of aromatic nitrogens is 1. The number of anilines is 2. The highest BCUT2D eigenvalue weighted by atomic mass is 32.3. The van der Waals surface area contributed by atoms with Crippen LogP contribution in [0.1, 0.15) is 11.1 Å². The van der Waals surface area contributed by atoms with Crippen molar-refractivity contribution in [1.29, 1.82) is 0 Å². The molecule has 2 aliphatic rings. The highest BCUT2D eigenvalue weighted by molar-refractivity contribution is 8.24. The zero-order chi connectivity index (χ0) is 21.6. The molecule has 0 unspecified atom stereocenters. The minimum Gasteiger partial charge on any atom is -0.382 e. The van der Waals surface area contributed by atoms with E-state index >= 15 is 0 Å². The van der Waals surface area contributed by atoms with Crippen LogP contribution >= 0.6 is 10.6 Å². The van der Waals surface area contributed by atoms with Gasteiger partial charge in [0.05, 0.1) is 34.9 Å². The maximum Gasteiger partial charge on any atom is 0.131 e. The molecule has 2 aliphatic heterocycles. The van der Waals surface area contributed by atoms with Crippen molar-refractivity contribution in [2.45, 2.75) is 23.9 Å². The minimum absolute atomic E-state index is 0.282. The standard InChI is InChI=1S/C23H28N4O3S/c1-16-6-7-17-12-27(8-9-31(28,29)21(17)10-16)22-11-20(25-13-23(24)14-30-15-23)18-4-2-3-5-19(18)26-22/h2-7,10-11,28-29H,8-9,12-15,24H2,1H3,(H,25,26). The molecule has 164 valence electrons. The molecule has 0 bridgehead atoms. The van der Waals surface area contributed by atoms with Crippen LogP contribution in [0.2, 0.25) is 0 Å². The number of fused-ring (bicyclic) bond motifs is 2. The van der Waals surface area contributed by atoms with E-state index in [9.17, 15) is 9.11 Å². The third kappa shape index (κ3) is 3.97. The van der Waals surface area contributed by atoms with Gasteiger partial charge in [0.2, 0.25) is 0 Å². The monoisotopic (exact) mass is 440 g/mol. The molecule has 0 amide bonds. The van der Waals surface area contributed by atoms with Gasteiger partial charge in [0.25, 0.3) is 0 Å². The van der Waals surface area contributed by atoms with Crippen molar-refractivity contribution in [2.75, 3.05) is 42.3 Å². The summed E-state index contributed by atoms with van der Waals surface area (Å²) in [5, 5.41) is 4.54. The second kappa shape index (κ2) is 7.65. The molecule has 5 rings (SSSR count). The highest BCUT2D eigenvalue weighted by Crippen LogP contribution is 2.51. The van der Waals surface area contributed by atoms with E-state index in [2.05, 4.69) is 10.2 Å². The van der Waals surface area contributed by atoms with Crippen molar-refractivity contribution in [3.63, 3.8) is 0 Å². The molecule has 7 nitrogen and oxygen atoms in total. The summed E-state index contributed by atoms with van der Waals surface area (Å²) in [6, 6.07) is 16.0. The van der Waals surface area contributed by atoms with Gasteiger partial charge in [0.1, 0.15) is 5.82 Å². The normalized spacial score (nSPS) is 20.5. The van der Waals surface area contributed by atoms with E-state index < -0.39 is 10.6 Å². The molecule has 0 spiro atoms. The first-order valence-electron chi connectivity index (χ1n) is 10.4. The van der Waals surface area contributed by atoms with Crippen LogP contribution in [0.5, 0.6) is 0 Å². The van der Waals surface area contributed by atoms with E-state index in [0.717, 1.165) is 33.5 Å². The molecule has 31 heavy (non-hydrogen) atoms. The van der Waals surface area contributed by atoms with E-state index in [0.29, 0.717) is 37.7 Å². The summed E-state index contributed by atoms with van der Waals surface area (Å²) in [4.78, 5) is 7.67. The SMILES string of the molecule is Cc1ccc2c(c1)S(O)(O)CCN(c1cc(NCC3(N)COC3)c3ccccc3n1)C2. The zero-order valence-electron chi connectivity index (χ0n) is 17.5. The fraction of sp³-hybridized carbons (Fsp3) is 0.348. The molecule has 0 aliphatic carbocycles. The number of pyridine rings is 1. The molecule has 5 N–H and O–H groups in total. The number of nitrogens with two attached hydrogens (primary N) is 1. The molecule has 2 aromatic carbocycles. The number of hydrogen-bond acceptors (Lipinski definition) is 7. The van der Waals surface area contributed by atoms with Gasteiger partial charge in [-0.25, -0.2) is 4.98 Å². The maximum absolute atomic E-state index is 10.8. The number of rotatable bonds is 4. The van der Waals surface area contributed by atoms with Crippen molar-refractivity contribution >= 4 is 33.0 Å². The van der Waals surface area contributed by atoms with Crippen LogP contribution in [-0.2, 0) is 11.3 Å². The van der Waals surface area contributed by atoms with Gasteiger partial charge in [-0.05, 0) is 30.2 Å². The third-order valence-electron chi connectivity index (χ3n) is 6.02. The van der Waals surface area contributed by atoms with Crippen molar-refractivity contribution in [3.8, 4) is 0 Å². The molecule has 0 saturated carbocycles. The van der Waals surface area contributed by atoms with E-state index in [1.54, 1.807) is 0 Å². The Morgan fingerprint density at radius 2 is 2.00 bits per heavy atom. The average molecular weight is 441 g/mol. The molecular formula is C23H28N4O3S. The Morgan fingerprint density at radius 3 is 2.77 bits per heavy atom. The summed E-state index contributed by atoms with van der Waals surface area (Å²) in [6.07, 6.45) is 0. The molecule has 1 fully saturated rings. The zero-order valence-corrected chi connectivity index (χ0v) is 18.4. The summed E-state index contributed by atoms with van der Waals surface area (Å²) in [7, 11) is -2.84. The third-order valence-corrected chi connectivity index (χ3v) is 7.85. The predicted octanol–water partition coefficient (Wildman–Crippen LogP) is 3.81. The number of nitrogens with zero attached hydrogens (tertiary/aromatic N) is 2. The van der Waals surface area contributed by atoms with Crippen LogP contribution in [0, 0.1) is 6.92 Å². The van der Waals surface area contributed by atoms with Crippen molar-refractivity contribution in [2.24, 2.45) is 5.73 Å². The number of ether oxygens (including phenoxy) is 1. The maximum atomic E-state index is 10.8. The lowest BCUT2D eigenvalue weighted by Crippen LogP contribution is -2.61. The average Bonchev–Trinajstić information content (AvgIpc) is 2.86. The van der Waals surface area contributed by atoms with Crippen molar-refractivity contribution in [1.82, 2.24) is 4.98 Å². The summed E-state index contributed by atoms with van der Waals surface area (Å²) < 4.78 is 26.8. The van der Waals surface area contributed by atoms with E-state index in [-0.39, 0.29) is 11.3 Å². The van der Waals surface area contributed by atoms with E-state index in [1.807, 2.05) is 55.5 Å². The Hall–Kier alpha value is -2.36. The van der Waals surface area contributed by atoms with Crippen LogP contribution in [0.25, 0.3) is 10.9 Å². The summed E-state index contributed by atoms with van der Waals surface area (Å²) >= 11 is 0. The lowest BCUT2D eigenvalue weighted by atomic mass is 9.99. The molecular weight excluding hydrogens is 412 g/mol. The van der Waals surface area contributed by atoms with Gasteiger partial charge in [0, 0.05) is 36.8 Å². The Morgan fingerprint density at radius 1 is 1.19 bits per heavy atom. The fourth-order valence-electron chi connectivity index (χ4n) is 4.13. The number of nitrogens with one attached hydrogen (secondary N) is 1. The van der Waals surface area contributed by atoms with Gasteiger partial charge in [-0.2, -0.15) is 10.6 Å². The van der Waals surface area contributed by atoms with Gasteiger partial charge in [-0.1, -0.05) is 30.3 Å². The van der Waals surface area contributed by atoms with Crippen LogP contribution in [-0.4, -0.2) is 51.7 Å². The van der Waals surface area contributed by atoms with Crippen molar-refractivity contribution in [3.05, 3.63) is 59.7 Å². The molecule has 3 aromatic rings. The molecule has 1 aromatic heterocycles. The summed E-state index contributed by atoms with van der Waals surface area (Å²) in [5.41, 5.74) is 9.79. The first-order valence-corrected chi connectivity index (χ1v) is 12.2. The van der Waals surface area contributed by atoms with Crippen molar-refractivity contribution < 1.29 is 13.8 Å². The molecule has 0 atom stereocenters. The number of para-hydroxylation sites is 1. The summed E-state index contributed by atoms with van der Waals surface area (Å²) in [5.74, 6) is 1.09. The lowest BCUT2D eigenvalue weighted by Gasteiger charge is -2.38. The minimum atomic E-state index is -2.84. The quantitative estimate of drug-likeness (QED) is 0.489. The van der Waals surface area contributed by atoms with Gasteiger partial charge < -0.3 is 20.7 Å². The van der Waals surface area contributed by atoms with E-state index in [4.69, 9.17) is 15.5 Å². The Kier molecular flexibility index (Phi) is 5.07. The van der Waals surface area contributed by atoms with Gasteiger partial charge in [-0.15, -0.1) is 0 Å². The Balaban J connectivity index is 1.51. The Bertz CT molecular complexity index is 1130. The number of benzene rings is 2. The van der Waals surface area contributed by atoms with Crippen LogP contribution in [0.3, 0.4) is 0 Å². The second-order valence-corrected chi connectivity index (χ2v) is 10.8. The highest BCUT2D eigenvalue weighted by Gasteiger charge is 2.34. The first kappa shape index (κ1) is 20.5. The number of hydrogen-bond donors (Lipinski definition) is 4. The van der Waals surface area contributed by atoms with Gasteiger partial charge in [0.15, 0.2) is 0 Å². The van der Waals surface area contributed by atoms with Gasteiger partial charge >= 0.3 is 0 Å². The predicted molar refractivity (Wildman–Crippen MR) is 126 cm³/mol. The largest absolute Gasteiger partial charge is 0.382 e. The number of aryl methyl sites for hydroxylation is 1. The van der Waals surface area contributed by atoms with Crippen LogP contribution < -0.4 is 16.0 Å².